The number of hydrogen-bond donors (Lipinski definition) is 1. The molecule has 0 unspecified atom stereocenters. The second-order valence-corrected chi connectivity index (χ2v) is 7.90. The van der Waals surface area contributed by atoms with Crippen LogP contribution in [0.4, 0.5) is 16.2 Å². The van der Waals surface area contributed by atoms with Crippen molar-refractivity contribution in [3.05, 3.63) is 79.4 Å². The lowest BCUT2D eigenvalue weighted by molar-refractivity contribution is -0.385. The first-order valence-corrected chi connectivity index (χ1v) is 9.60. The summed E-state index contributed by atoms with van der Waals surface area (Å²) in [6.07, 6.45) is -0.942. The molecule has 0 saturated heterocycles. The molecule has 2 aromatic rings. The molecular formula is C21H21N3O9. The molecule has 0 saturated carbocycles. The van der Waals surface area contributed by atoms with Gasteiger partial charge in [-0.05, 0) is 38.8 Å². The van der Waals surface area contributed by atoms with E-state index in [4.69, 9.17) is 4.74 Å². The molecule has 0 aliphatic heterocycles. The third-order valence-electron chi connectivity index (χ3n) is 4.31. The van der Waals surface area contributed by atoms with Crippen molar-refractivity contribution in [2.24, 2.45) is 0 Å². The Balaban J connectivity index is 2.40. The van der Waals surface area contributed by atoms with Crippen molar-refractivity contribution < 1.29 is 34.1 Å². The number of hydrogen-bond acceptors (Lipinski definition) is 8. The zero-order chi connectivity index (χ0) is 24.9. The highest BCUT2D eigenvalue weighted by Crippen LogP contribution is 2.22. The number of carbonyl (C=O) groups excluding carboxylic acids is 2. The fourth-order valence-electron chi connectivity index (χ4n) is 2.77. The summed E-state index contributed by atoms with van der Waals surface area (Å²) in [6, 6.07) is 8.13. The van der Waals surface area contributed by atoms with Gasteiger partial charge in [-0.1, -0.05) is 12.1 Å². The average molecular weight is 459 g/mol. The van der Waals surface area contributed by atoms with Gasteiger partial charge in [0.2, 0.25) is 0 Å². The van der Waals surface area contributed by atoms with E-state index in [1.165, 1.54) is 24.3 Å². The summed E-state index contributed by atoms with van der Waals surface area (Å²) in [6.45, 7) is 4.51. The molecule has 1 N–H and O–H groups in total. The van der Waals surface area contributed by atoms with Crippen LogP contribution in [0, 0.1) is 20.2 Å². The molecule has 0 heterocycles. The lowest BCUT2D eigenvalue weighted by Crippen LogP contribution is -2.42. The van der Waals surface area contributed by atoms with Gasteiger partial charge in [0.1, 0.15) is 5.60 Å². The van der Waals surface area contributed by atoms with Crippen molar-refractivity contribution in [3.8, 4) is 0 Å². The number of carboxylic acids is 1. The Morgan fingerprint density at radius 2 is 1.48 bits per heavy atom. The van der Waals surface area contributed by atoms with Gasteiger partial charge in [-0.25, -0.2) is 14.5 Å². The van der Waals surface area contributed by atoms with Gasteiger partial charge in [0.05, 0.1) is 21.0 Å². The number of benzene rings is 2. The van der Waals surface area contributed by atoms with Crippen molar-refractivity contribution in [2.45, 2.75) is 32.8 Å². The summed E-state index contributed by atoms with van der Waals surface area (Å²) in [7, 11) is 0. The third kappa shape index (κ3) is 6.56. The molecule has 0 aliphatic carbocycles. The highest BCUT2D eigenvalue weighted by Gasteiger charge is 2.31. The first-order chi connectivity index (χ1) is 15.3. The van der Waals surface area contributed by atoms with E-state index in [-0.39, 0.29) is 18.7 Å². The van der Waals surface area contributed by atoms with Gasteiger partial charge in [0.15, 0.2) is 0 Å². The molecule has 0 bridgehead atoms. The average Bonchev–Trinajstić information content (AvgIpc) is 2.72. The standard InChI is InChI=1S/C21H21N3O9/c1-21(2,3)33-20(28)22(11-10-13-4-6-14(7-5-13)23(29)30)18(25)16-9-8-15(24(31)32)12-17(16)19(26)27/h4-9,12H,10-11H2,1-3H3,(H,26,27). The maximum Gasteiger partial charge on any atom is 0.417 e. The van der Waals surface area contributed by atoms with E-state index in [1.807, 2.05) is 0 Å². The van der Waals surface area contributed by atoms with Crippen molar-refractivity contribution in [3.63, 3.8) is 0 Å². The van der Waals surface area contributed by atoms with Crippen LogP contribution in [0.3, 0.4) is 0 Å². The SMILES string of the molecule is CC(C)(C)OC(=O)N(CCc1ccc([N+](=O)[O-])cc1)C(=O)c1ccc([N+](=O)[O-])cc1C(=O)O. The predicted octanol–water partition coefficient (Wildman–Crippen LogP) is 3.82. The van der Waals surface area contributed by atoms with Crippen molar-refractivity contribution in [1.29, 1.82) is 0 Å². The Kier molecular flexibility index (Phi) is 7.44. The Morgan fingerprint density at radius 3 is 1.97 bits per heavy atom. The van der Waals surface area contributed by atoms with Crippen LogP contribution in [-0.4, -0.2) is 50.0 Å². The molecule has 0 atom stereocenters. The molecular weight excluding hydrogens is 438 g/mol. The van der Waals surface area contributed by atoms with E-state index in [0.29, 0.717) is 10.5 Å². The lowest BCUT2D eigenvalue weighted by Gasteiger charge is -2.26. The molecule has 2 amide bonds. The number of nitrogens with zero attached hydrogens (tertiary/aromatic N) is 3. The zero-order valence-corrected chi connectivity index (χ0v) is 18.0. The van der Waals surface area contributed by atoms with E-state index >= 15 is 0 Å². The number of carboxylic acid groups (broad SMARTS) is 1. The van der Waals surface area contributed by atoms with Gasteiger partial charge in [-0.2, -0.15) is 0 Å². The monoisotopic (exact) mass is 459 g/mol. The van der Waals surface area contributed by atoms with Gasteiger partial charge in [-0.3, -0.25) is 25.0 Å². The van der Waals surface area contributed by atoms with Crippen LogP contribution in [0.25, 0.3) is 0 Å². The highest BCUT2D eigenvalue weighted by atomic mass is 16.6. The Morgan fingerprint density at radius 1 is 0.939 bits per heavy atom. The Hall–Kier alpha value is -4.35. The minimum atomic E-state index is -1.58. The van der Waals surface area contributed by atoms with Crippen molar-refractivity contribution >= 4 is 29.3 Å². The molecule has 33 heavy (non-hydrogen) atoms. The van der Waals surface area contributed by atoms with Crippen LogP contribution in [0.1, 0.15) is 47.1 Å². The summed E-state index contributed by atoms with van der Waals surface area (Å²) in [5, 5.41) is 31.2. The Labute approximate surface area is 187 Å². The summed E-state index contributed by atoms with van der Waals surface area (Å²) < 4.78 is 5.26. The maximum absolute atomic E-state index is 13.1. The maximum atomic E-state index is 13.1. The van der Waals surface area contributed by atoms with E-state index in [0.717, 1.165) is 18.2 Å². The molecule has 12 heteroatoms. The summed E-state index contributed by atoms with van der Waals surface area (Å²) in [5.74, 6) is -2.60. The predicted molar refractivity (Wildman–Crippen MR) is 114 cm³/mol. The lowest BCUT2D eigenvalue weighted by atomic mass is 10.0. The molecule has 12 nitrogen and oxygen atoms in total. The van der Waals surface area contributed by atoms with Gasteiger partial charge < -0.3 is 9.84 Å². The van der Waals surface area contributed by atoms with E-state index in [1.54, 1.807) is 20.8 Å². The largest absolute Gasteiger partial charge is 0.478 e. The fourth-order valence-corrected chi connectivity index (χ4v) is 2.77. The smallest absolute Gasteiger partial charge is 0.417 e. The summed E-state index contributed by atoms with van der Waals surface area (Å²) in [5.41, 5.74) is -2.12. The van der Waals surface area contributed by atoms with Crippen molar-refractivity contribution in [2.75, 3.05) is 6.54 Å². The third-order valence-corrected chi connectivity index (χ3v) is 4.31. The second kappa shape index (κ2) is 9.85. The van der Waals surface area contributed by atoms with Crippen LogP contribution >= 0.6 is 0 Å². The van der Waals surface area contributed by atoms with Crippen LogP contribution in [0.5, 0.6) is 0 Å². The summed E-state index contributed by atoms with van der Waals surface area (Å²) >= 11 is 0. The molecule has 0 radical (unpaired) electrons. The number of amides is 2. The quantitative estimate of drug-likeness (QED) is 0.477. The highest BCUT2D eigenvalue weighted by molar-refractivity contribution is 6.09. The second-order valence-electron chi connectivity index (χ2n) is 7.90. The normalized spacial score (nSPS) is 10.9. The number of rotatable bonds is 7. The molecule has 0 aliphatic rings. The van der Waals surface area contributed by atoms with Gasteiger partial charge in [0, 0.05) is 30.8 Å². The first kappa shape index (κ1) is 24.9. The van der Waals surface area contributed by atoms with Gasteiger partial charge >= 0.3 is 12.1 Å². The number of nitro benzene ring substituents is 2. The zero-order valence-electron chi connectivity index (χ0n) is 18.0. The summed E-state index contributed by atoms with van der Waals surface area (Å²) in [4.78, 5) is 58.6. The first-order valence-electron chi connectivity index (χ1n) is 9.60. The molecule has 0 spiro atoms. The van der Waals surface area contributed by atoms with Gasteiger partial charge in [0.25, 0.3) is 17.3 Å². The Bertz CT molecular complexity index is 1100. The fraction of sp³-hybridized carbons (Fsp3) is 0.286. The number of nitro groups is 2. The van der Waals surface area contributed by atoms with E-state index < -0.39 is 50.2 Å². The van der Waals surface area contributed by atoms with Crippen LogP contribution in [0.15, 0.2) is 42.5 Å². The van der Waals surface area contributed by atoms with E-state index in [2.05, 4.69) is 0 Å². The van der Waals surface area contributed by atoms with Gasteiger partial charge in [-0.15, -0.1) is 0 Å². The van der Waals surface area contributed by atoms with E-state index in [9.17, 15) is 39.7 Å². The molecule has 0 aromatic heterocycles. The molecule has 174 valence electrons. The number of ether oxygens (including phenoxy) is 1. The number of carbonyl (C=O) groups is 3. The minimum Gasteiger partial charge on any atom is -0.478 e. The molecule has 2 rings (SSSR count). The molecule has 2 aromatic carbocycles. The van der Waals surface area contributed by atoms with Crippen LogP contribution < -0.4 is 0 Å². The number of aromatic carboxylic acids is 1. The molecule has 0 fully saturated rings. The number of imide groups is 1. The van der Waals surface area contributed by atoms with Crippen LogP contribution in [0.2, 0.25) is 0 Å². The minimum absolute atomic E-state index is 0.0956. The van der Waals surface area contributed by atoms with Crippen LogP contribution in [-0.2, 0) is 11.2 Å². The van der Waals surface area contributed by atoms with Crippen molar-refractivity contribution in [1.82, 2.24) is 4.90 Å². The topological polar surface area (TPSA) is 170 Å². The number of non-ortho nitro benzene ring substituents is 2.